The maximum Gasteiger partial charge on any atom is 0.303 e. The smallest absolute Gasteiger partial charge is 0.303 e. The van der Waals surface area contributed by atoms with Crippen molar-refractivity contribution in [1.29, 1.82) is 0 Å². The van der Waals surface area contributed by atoms with Gasteiger partial charge in [0, 0.05) is 6.42 Å². The first-order chi connectivity index (χ1) is 4.16. The second-order valence-corrected chi connectivity index (χ2v) is 1.85. The zero-order valence-corrected chi connectivity index (χ0v) is 5.20. The van der Waals surface area contributed by atoms with Gasteiger partial charge in [-0.1, -0.05) is 0 Å². The van der Waals surface area contributed by atoms with Gasteiger partial charge in [0.05, 0.1) is 6.10 Å². The van der Waals surface area contributed by atoms with Crippen LogP contribution in [0.25, 0.3) is 0 Å². The summed E-state index contributed by atoms with van der Waals surface area (Å²) in [5.74, 6) is -0.876. The van der Waals surface area contributed by atoms with E-state index in [9.17, 15) is 4.79 Å². The Bertz CT molecular complexity index is 91.0. The zero-order valence-electron chi connectivity index (χ0n) is 5.20. The van der Waals surface area contributed by atoms with Gasteiger partial charge in [0.15, 0.2) is 0 Å². The molecule has 0 saturated heterocycles. The fourth-order valence-corrected chi connectivity index (χ4v) is 0.379. The average Bonchev–Trinajstić information content (AvgIpc) is 1.83. The third kappa shape index (κ3) is 5.26. The third-order valence-corrected chi connectivity index (χ3v) is 0.945. The average molecular weight is 134 g/mol. The van der Waals surface area contributed by atoms with Crippen molar-refractivity contribution in [3.05, 3.63) is 0 Å². The van der Waals surface area contributed by atoms with Gasteiger partial charge >= 0.3 is 5.97 Å². The predicted octanol–water partition coefficient (Wildman–Crippen LogP) is 0.729. The van der Waals surface area contributed by atoms with Crippen molar-refractivity contribution >= 4 is 5.97 Å². The maximum absolute atomic E-state index is 9.88. The molecule has 0 bridgehead atoms. The van der Waals surface area contributed by atoms with Crippen LogP contribution in [0, 0.1) is 0 Å². The zero-order chi connectivity index (χ0) is 7.28. The summed E-state index contributed by atoms with van der Waals surface area (Å²) in [5.41, 5.74) is 0. The lowest BCUT2D eigenvalue weighted by atomic mass is 10.2. The van der Waals surface area contributed by atoms with Crippen LogP contribution in [-0.4, -0.2) is 22.4 Å². The highest BCUT2D eigenvalue weighted by atomic mass is 17.1. The van der Waals surface area contributed by atoms with Crippen molar-refractivity contribution in [3.63, 3.8) is 0 Å². The molecule has 0 radical (unpaired) electrons. The molecule has 0 aromatic carbocycles. The Hall–Kier alpha value is -0.610. The molecule has 0 fully saturated rings. The Balaban J connectivity index is 3.16. The molecule has 0 heterocycles. The lowest BCUT2D eigenvalue weighted by Gasteiger charge is -2.02. The van der Waals surface area contributed by atoms with E-state index in [0.717, 1.165) is 0 Å². The predicted molar refractivity (Wildman–Crippen MR) is 30.0 cm³/mol. The lowest BCUT2D eigenvalue weighted by molar-refractivity contribution is -0.275. The highest BCUT2D eigenvalue weighted by Gasteiger charge is 2.03. The molecule has 0 spiro atoms. The molecule has 54 valence electrons. The monoisotopic (exact) mass is 134 g/mol. The minimum atomic E-state index is -0.876. The lowest BCUT2D eigenvalue weighted by Crippen LogP contribution is -2.07. The molecular formula is C5H10O4. The molecule has 2 N–H and O–H groups in total. The number of rotatable bonds is 4. The Morgan fingerprint density at radius 2 is 2.33 bits per heavy atom. The molecule has 0 aliphatic rings. The van der Waals surface area contributed by atoms with E-state index in [0.29, 0.717) is 6.42 Å². The molecule has 0 aliphatic heterocycles. The number of carboxylic acid groups (broad SMARTS) is 1. The second kappa shape index (κ2) is 4.29. The van der Waals surface area contributed by atoms with E-state index in [1.54, 1.807) is 6.92 Å². The highest BCUT2D eigenvalue weighted by Crippen LogP contribution is 1.98. The molecule has 0 aliphatic carbocycles. The van der Waals surface area contributed by atoms with E-state index in [-0.39, 0.29) is 12.5 Å². The molecule has 0 saturated carbocycles. The summed E-state index contributed by atoms with van der Waals surface area (Å²) in [6.45, 7) is 1.60. The van der Waals surface area contributed by atoms with Crippen molar-refractivity contribution in [1.82, 2.24) is 0 Å². The van der Waals surface area contributed by atoms with Crippen LogP contribution in [0.5, 0.6) is 0 Å². The SMILES string of the molecule is CC(CCC(=O)O)OO. The molecule has 0 rings (SSSR count). The van der Waals surface area contributed by atoms with E-state index in [1.165, 1.54) is 0 Å². The van der Waals surface area contributed by atoms with Crippen molar-refractivity contribution in [2.45, 2.75) is 25.9 Å². The number of carboxylic acids is 1. The van der Waals surface area contributed by atoms with Crippen LogP contribution in [-0.2, 0) is 9.68 Å². The fourth-order valence-electron chi connectivity index (χ4n) is 0.379. The summed E-state index contributed by atoms with van der Waals surface area (Å²) in [4.78, 5) is 13.7. The third-order valence-electron chi connectivity index (χ3n) is 0.945. The Morgan fingerprint density at radius 1 is 1.78 bits per heavy atom. The molecule has 9 heavy (non-hydrogen) atoms. The van der Waals surface area contributed by atoms with Crippen molar-refractivity contribution in [3.8, 4) is 0 Å². The van der Waals surface area contributed by atoms with Gasteiger partial charge in [-0.25, -0.2) is 4.89 Å². The molecule has 1 atom stereocenters. The van der Waals surface area contributed by atoms with Gasteiger partial charge in [0.25, 0.3) is 0 Å². The first kappa shape index (κ1) is 8.39. The maximum atomic E-state index is 9.88. The summed E-state index contributed by atoms with van der Waals surface area (Å²) in [6.07, 6.45) is -0.0193. The first-order valence-corrected chi connectivity index (χ1v) is 2.69. The molecule has 0 amide bonds. The summed E-state index contributed by atoms with van der Waals surface area (Å²) in [7, 11) is 0. The van der Waals surface area contributed by atoms with Crippen LogP contribution in [0.1, 0.15) is 19.8 Å². The Labute approximate surface area is 53.0 Å². The van der Waals surface area contributed by atoms with E-state index >= 15 is 0 Å². The Morgan fingerprint density at radius 3 is 2.67 bits per heavy atom. The highest BCUT2D eigenvalue weighted by molar-refractivity contribution is 5.66. The van der Waals surface area contributed by atoms with Gasteiger partial charge in [0.2, 0.25) is 0 Å². The van der Waals surface area contributed by atoms with Crippen molar-refractivity contribution < 1.29 is 20.0 Å². The van der Waals surface area contributed by atoms with E-state index < -0.39 is 5.97 Å². The fraction of sp³-hybridized carbons (Fsp3) is 0.800. The summed E-state index contributed by atoms with van der Waals surface area (Å²) < 4.78 is 0. The van der Waals surface area contributed by atoms with Crippen LogP contribution in [0.4, 0.5) is 0 Å². The molecular weight excluding hydrogens is 124 g/mol. The van der Waals surface area contributed by atoms with E-state index in [2.05, 4.69) is 4.89 Å². The number of hydrogen-bond acceptors (Lipinski definition) is 3. The molecule has 0 aromatic rings. The minimum absolute atomic E-state index is 0.0295. The van der Waals surface area contributed by atoms with Gasteiger partial charge in [-0.15, -0.1) is 0 Å². The first-order valence-electron chi connectivity index (χ1n) is 2.69. The summed E-state index contributed by atoms with van der Waals surface area (Å²) in [5, 5.41) is 16.1. The molecule has 0 aromatic heterocycles. The van der Waals surface area contributed by atoms with Gasteiger partial charge < -0.3 is 5.11 Å². The van der Waals surface area contributed by atoms with Crippen molar-refractivity contribution in [2.24, 2.45) is 0 Å². The molecule has 4 heteroatoms. The quantitative estimate of drug-likeness (QED) is 0.439. The molecule has 4 nitrogen and oxygen atoms in total. The van der Waals surface area contributed by atoms with Gasteiger partial charge in [-0.2, -0.15) is 0 Å². The minimum Gasteiger partial charge on any atom is -0.481 e. The number of aliphatic carboxylic acids is 1. The number of hydrogen-bond donors (Lipinski definition) is 2. The number of carbonyl (C=O) groups is 1. The van der Waals surface area contributed by atoms with Crippen molar-refractivity contribution in [2.75, 3.05) is 0 Å². The van der Waals surface area contributed by atoms with E-state index in [4.69, 9.17) is 10.4 Å². The summed E-state index contributed by atoms with van der Waals surface area (Å²) in [6, 6.07) is 0. The van der Waals surface area contributed by atoms with E-state index in [1.807, 2.05) is 0 Å². The van der Waals surface area contributed by atoms with Crippen LogP contribution in [0.3, 0.4) is 0 Å². The van der Waals surface area contributed by atoms with Crippen LogP contribution in [0.15, 0.2) is 0 Å². The van der Waals surface area contributed by atoms with Gasteiger partial charge in [-0.05, 0) is 13.3 Å². The normalized spacial score (nSPS) is 13.1. The summed E-state index contributed by atoms with van der Waals surface area (Å²) >= 11 is 0. The topological polar surface area (TPSA) is 66.8 Å². The van der Waals surface area contributed by atoms with Gasteiger partial charge in [0.1, 0.15) is 0 Å². The Kier molecular flexibility index (Phi) is 4.00. The van der Waals surface area contributed by atoms with Crippen LogP contribution < -0.4 is 0 Å². The standard InChI is InChI=1S/C5H10O4/c1-4(9-8)2-3-5(6)7/h4,8H,2-3H2,1H3,(H,6,7). The largest absolute Gasteiger partial charge is 0.481 e. The molecule has 1 unspecified atom stereocenters. The van der Waals surface area contributed by atoms with Crippen LogP contribution >= 0.6 is 0 Å². The van der Waals surface area contributed by atoms with Crippen LogP contribution in [0.2, 0.25) is 0 Å². The second-order valence-electron chi connectivity index (χ2n) is 1.85. The van der Waals surface area contributed by atoms with Gasteiger partial charge in [-0.3, -0.25) is 10.1 Å².